The van der Waals surface area contributed by atoms with Crippen LogP contribution in [0.5, 0.6) is 5.75 Å². The van der Waals surface area contributed by atoms with Gasteiger partial charge in [-0.2, -0.15) is 8.42 Å². The van der Waals surface area contributed by atoms with Gasteiger partial charge in [-0.1, -0.05) is 30.3 Å². The molecule has 0 aliphatic carbocycles. The van der Waals surface area contributed by atoms with E-state index in [0.717, 1.165) is 26.2 Å². The third kappa shape index (κ3) is 4.57. The second kappa shape index (κ2) is 9.26. The third-order valence-electron chi connectivity index (χ3n) is 5.92. The summed E-state index contributed by atoms with van der Waals surface area (Å²) >= 11 is 1.53. The van der Waals surface area contributed by atoms with Crippen LogP contribution in [-0.4, -0.2) is 47.3 Å². The molecule has 198 valence electrons. The number of benzene rings is 2. The lowest BCUT2D eigenvalue weighted by Gasteiger charge is -2.12. The normalized spacial score (nSPS) is 12.4. The first-order valence-corrected chi connectivity index (χ1v) is 15.7. The molecule has 0 aliphatic rings. The Morgan fingerprint density at radius 3 is 2.34 bits per heavy atom. The number of nitrogens with zero attached hydrogens (tertiary/aromatic N) is 3. The van der Waals surface area contributed by atoms with Crippen LogP contribution in [0.1, 0.15) is 19.4 Å². The van der Waals surface area contributed by atoms with Gasteiger partial charge in [0, 0.05) is 11.1 Å². The Kier molecular flexibility index (Phi) is 6.32. The molecule has 0 amide bonds. The number of anilines is 1. The molecular weight excluding hydrogens is 547 g/mol. The van der Waals surface area contributed by atoms with Crippen molar-refractivity contribution < 1.29 is 21.0 Å². The minimum absolute atomic E-state index is 0.00650. The van der Waals surface area contributed by atoms with E-state index in [0.29, 0.717) is 22.8 Å². The van der Waals surface area contributed by atoms with E-state index >= 15 is 0 Å². The average Bonchev–Trinajstić information content (AvgIpc) is 3.54. The summed E-state index contributed by atoms with van der Waals surface area (Å²) in [6.45, 7) is 5.03. The first-order chi connectivity index (χ1) is 17.9. The highest BCUT2D eigenvalue weighted by Crippen LogP contribution is 2.40. The lowest BCUT2D eigenvalue weighted by Crippen LogP contribution is -2.23. The summed E-state index contributed by atoms with van der Waals surface area (Å²) in [5.41, 5.74) is 9.60. The summed E-state index contributed by atoms with van der Waals surface area (Å²) in [4.78, 5) is 13.4. The van der Waals surface area contributed by atoms with Crippen molar-refractivity contribution in [3.05, 3.63) is 59.5 Å². The summed E-state index contributed by atoms with van der Waals surface area (Å²) in [6, 6.07) is 14.6. The van der Waals surface area contributed by atoms with E-state index in [2.05, 4.69) is 9.97 Å². The van der Waals surface area contributed by atoms with Crippen molar-refractivity contribution in [3.63, 3.8) is 0 Å². The summed E-state index contributed by atoms with van der Waals surface area (Å²) in [5.74, 6) is 0.171. The van der Waals surface area contributed by atoms with Gasteiger partial charge in [0.05, 0.1) is 33.3 Å². The van der Waals surface area contributed by atoms with Crippen molar-refractivity contribution in [2.45, 2.75) is 26.0 Å². The highest BCUT2D eigenvalue weighted by Gasteiger charge is 2.28. The highest BCUT2D eigenvalue weighted by molar-refractivity contribution is 7.90. The van der Waals surface area contributed by atoms with Crippen molar-refractivity contribution in [3.8, 4) is 39.0 Å². The van der Waals surface area contributed by atoms with Crippen LogP contribution in [0.15, 0.2) is 53.9 Å². The lowest BCUT2D eigenvalue weighted by atomic mass is 10.0. The number of hydrogen-bond donors (Lipinski definition) is 2. The Balaban J connectivity index is 1.86. The fraction of sp³-hybridized carbons (Fsp3) is 0.200. The zero-order valence-electron chi connectivity index (χ0n) is 21.0. The molecule has 3 heterocycles. The number of aryl methyl sites for hydroxylation is 1. The largest absolute Gasteiger partial charge is 0.380 e. The molecule has 2 aromatic carbocycles. The smallest absolute Gasteiger partial charge is 0.306 e. The molecule has 0 bridgehead atoms. The molecular formula is C25H25N5O5S3. The standard InChI is InChI=1S/C25H25N5O5S3/c1-14(2)38(33,34)30-18-12-17(13-19(35-37(4,31)32)22(18)29-25(30)26)21-20(16-8-6-5-7-9-16)27-24(28-21)23-15(3)10-11-36-23/h5-14H,1-4H3,(H2,26,29)(H,27,28). The Hall–Kier alpha value is -3.68. The number of nitrogens with one attached hydrogen (secondary N) is 1. The van der Waals surface area contributed by atoms with E-state index in [1.54, 1.807) is 6.07 Å². The van der Waals surface area contributed by atoms with Crippen LogP contribution in [0.3, 0.4) is 0 Å². The molecule has 13 heteroatoms. The van der Waals surface area contributed by atoms with Gasteiger partial charge in [0.25, 0.3) is 0 Å². The van der Waals surface area contributed by atoms with E-state index in [-0.39, 0.29) is 22.7 Å². The van der Waals surface area contributed by atoms with Crippen LogP contribution < -0.4 is 9.92 Å². The molecule has 0 radical (unpaired) electrons. The first kappa shape index (κ1) is 25.9. The maximum absolute atomic E-state index is 13.2. The molecule has 0 unspecified atom stereocenters. The molecule has 0 atom stereocenters. The molecule has 38 heavy (non-hydrogen) atoms. The van der Waals surface area contributed by atoms with Gasteiger partial charge in [0.2, 0.25) is 16.0 Å². The fourth-order valence-corrected chi connectivity index (χ4v) is 6.56. The topological polar surface area (TPSA) is 150 Å². The van der Waals surface area contributed by atoms with Gasteiger partial charge in [0.1, 0.15) is 11.3 Å². The Morgan fingerprint density at radius 1 is 1.03 bits per heavy atom. The molecule has 0 fully saturated rings. The lowest BCUT2D eigenvalue weighted by molar-refractivity contribution is 0.495. The molecule has 0 aliphatic heterocycles. The summed E-state index contributed by atoms with van der Waals surface area (Å²) in [5, 5.41) is 1.15. The maximum Gasteiger partial charge on any atom is 0.306 e. The monoisotopic (exact) mass is 571 g/mol. The molecule has 0 saturated heterocycles. The summed E-state index contributed by atoms with van der Waals surface area (Å²) in [6.07, 6.45) is 0.901. The molecule has 0 spiro atoms. The number of fused-ring (bicyclic) bond motifs is 1. The molecule has 3 aromatic heterocycles. The second-order valence-electron chi connectivity index (χ2n) is 9.07. The third-order valence-corrected chi connectivity index (χ3v) is 9.51. The minimum Gasteiger partial charge on any atom is -0.380 e. The van der Waals surface area contributed by atoms with Gasteiger partial charge < -0.3 is 14.9 Å². The van der Waals surface area contributed by atoms with Crippen LogP contribution in [0.4, 0.5) is 5.95 Å². The van der Waals surface area contributed by atoms with Gasteiger partial charge >= 0.3 is 10.1 Å². The molecule has 0 saturated carbocycles. The van der Waals surface area contributed by atoms with E-state index in [1.165, 1.54) is 31.3 Å². The predicted octanol–water partition coefficient (Wildman–Crippen LogP) is 4.64. The fourth-order valence-electron chi connectivity index (χ4n) is 4.10. The number of H-pyrrole nitrogens is 1. The van der Waals surface area contributed by atoms with Crippen molar-refractivity contribution in [1.29, 1.82) is 0 Å². The number of imidazole rings is 2. The quantitative estimate of drug-likeness (QED) is 0.268. The Bertz CT molecular complexity index is 1890. The van der Waals surface area contributed by atoms with E-state index in [4.69, 9.17) is 14.9 Å². The van der Waals surface area contributed by atoms with E-state index in [1.807, 2.05) is 48.7 Å². The maximum atomic E-state index is 13.2. The van der Waals surface area contributed by atoms with Crippen LogP contribution in [0.25, 0.3) is 44.2 Å². The van der Waals surface area contributed by atoms with Crippen molar-refractivity contribution in [2.24, 2.45) is 0 Å². The van der Waals surface area contributed by atoms with E-state index in [9.17, 15) is 16.8 Å². The number of aromatic amines is 1. The molecule has 10 nitrogen and oxygen atoms in total. The number of nitrogen functional groups attached to an aromatic ring is 1. The number of rotatable bonds is 7. The Labute approximate surface area is 224 Å². The summed E-state index contributed by atoms with van der Waals surface area (Å²) in [7, 11) is -7.94. The average molecular weight is 572 g/mol. The SMILES string of the molecule is Cc1ccsc1-c1nc(-c2cc(OS(C)(=O)=O)c3nc(N)n(S(=O)(=O)C(C)C)c3c2)c(-c2ccccc2)[nH]1. The zero-order chi connectivity index (χ0) is 27.4. The van der Waals surface area contributed by atoms with E-state index < -0.39 is 25.4 Å². The summed E-state index contributed by atoms with van der Waals surface area (Å²) < 4.78 is 56.9. The molecule has 5 rings (SSSR count). The number of nitrogens with two attached hydrogens (primary N) is 1. The van der Waals surface area contributed by atoms with Crippen molar-refractivity contribution >= 4 is 48.5 Å². The number of aromatic nitrogens is 4. The van der Waals surface area contributed by atoms with Gasteiger partial charge in [-0.3, -0.25) is 0 Å². The van der Waals surface area contributed by atoms with Crippen molar-refractivity contribution in [1.82, 2.24) is 18.9 Å². The first-order valence-electron chi connectivity index (χ1n) is 11.5. The minimum atomic E-state index is -3.99. The van der Waals surface area contributed by atoms with Gasteiger partial charge in [0.15, 0.2) is 5.75 Å². The van der Waals surface area contributed by atoms with Gasteiger partial charge in [-0.15, -0.1) is 11.3 Å². The number of hydrogen-bond acceptors (Lipinski definition) is 9. The number of thiophene rings is 1. The predicted molar refractivity (Wildman–Crippen MR) is 150 cm³/mol. The van der Waals surface area contributed by atoms with Gasteiger partial charge in [-0.25, -0.2) is 22.4 Å². The van der Waals surface area contributed by atoms with Gasteiger partial charge in [-0.05, 0) is 49.9 Å². The van der Waals surface area contributed by atoms with Crippen LogP contribution in [0.2, 0.25) is 0 Å². The van der Waals surface area contributed by atoms with Crippen LogP contribution >= 0.6 is 11.3 Å². The van der Waals surface area contributed by atoms with Crippen molar-refractivity contribution in [2.75, 3.05) is 12.0 Å². The molecule has 3 N–H and O–H groups in total. The zero-order valence-corrected chi connectivity index (χ0v) is 23.4. The van der Waals surface area contributed by atoms with Crippen LogP contribution in [0, 0.1) is 6.92 Å². The van der Waals surface area contributed by atoms with Crippen LogP contribution in [-0.2, 0) is 20.1 Å². The second-order valence-corrected chi connectivity index (χ2v) is 13.9. The Morgan fingerprint density at radius 2 is 1.74 bits per heavy atom. The molecule has 5 aromatic rings. The highest BCUT2D eigenvalue weighted by atomic mass is 32.2.